The van der Waals surface area contributed by atoms with Crippen molar-refractivity contribution in [2.75, 3.05) is 50.1 Å². The van der Waals surface area contributed by atoms with Crippen LogP contribution >= 0.6 is 0 Å². The monoisotopic (exact) mass is 469 g/mol. The van der Waals surface area contributed by atoms with Gasteiger partial charge in [0.15, 0.2) is 11.5 Å². The quantitative estimate of drug-likeness (QED) is 0.540. The fourth-order valence-electron chi connectivity index (χ4n) is 4.38. The molecule has 0 aromatic heterocycles. The fraction of sp³-hybridized carbons (Fsp3) is 0.214. The van der Waals surface area contributed by atoms with Gasteiger partial charge in [0.2, 0.25) is 0 Å². The molecule has 35 heavy (non-hydrogen) atoms. The van der Waals surface area contributed by atoms with Crippen LogP contribution in [0.3, 0.4) is 0 Å². The smallest absolute Gasteiger partial charge is 0.293 e. The zero-order valence-corrected chi connectivity index (χ0v) is 19.8. The van der Waals surface area contributed by atoms with Crippen LogP contribution in [0, 0.1) is 0 Å². The SMILES string of the molecule is COc1cccc(N2CCN(C(=O)c3ccc(/C=C4\Oc5ccccc5N(C)C4=O)cc3)CC2)c1. The van der Waals surface area contributed by atoms with E-state index in [2.05, 4.69) is 11.0 Å². The van der Waals surface area contributed by atoms with Gasteiger partial charge in [-0.25, -0.2) is 0 Å². The summed E-state index contributed by atoms with van der Waals surface area (Å²) in [4.78, 5) is 31.5. The van der Waals surface area contributed by atoms with Gasteiger partial charge in [-0.15, -0.1) is 0 Å². The summed E-state index contributed by atoms with van der Waals surface area (Å²) in [6.45, 7) is 2.82. The summed E-state index contributed by atoms with van der Waals surface area (Å²) in [6.07, 6.45) is 1.70. The lowest BCUT2D eigenvalue weighted by molar-refractivity contribution is -0.117. The van der Waals surface area contributed by atoms with Crippen molar-refractivity contribution >= 4 is 29.3 Å². The van der Waals surface area contributed by atoms with Gasteiger partial charge in [0.1, 0.15) is 5.75 Å². The van der Waals surface area contributed by atoms with Crippen molar-refractivity contribution in [3.8, 4) is 11.5 Å². The molecular formula is C28H27N3O4. The Morgan fingerprint density at radius 1 is 0.943 bits per heavy atom. The van der Waals surface area contributed by atoms with Crippen molar-refractivity contribution in [2.24, 2.45) is 0 Å². The molecule has 1 saturated heterocycles. The number of likely N-dealkylation sites (N-methyl/N-ethyl adjacent to an activating group) is 1. The first-order chi connectivity index (χ1) is 17.0. The molecule has 7 heteroatoms. The maximum Gasteiger partial charge on any atom is 0.293 e. The third kappa shape index (κ3) is 4.57. The highest BCUT2D eigenvalue weighted by molar-refractivity contribution is 6.09. The first kappa shape index (κ1) is 22.5. The minimum absolute atomic E-state index is 0.00755. The van der Waals surface area contributed by atoms with Crippen LogP contribution in [0.25, 0.3) is 6.08 Å². The number of carbonyl (C=O) groups is 2. The Hall–Kier alpha value is -4.26. The number of fused-ring (bicyclic) bond motifs is 1. The Labute approximate surface area is 204 Å². The van der Waals surface area contributed by atoms with Crippen molar-refractivity contribution in [3.05, 3.63) is 89.7 Å². The lowest BCUT2D eigenvalue weighted by Crippen LogP contribution is -2.48. The number of piperazine rings is 1. The molecule has 7 nitrogen and oxygen atoms in total. The van der Waals surface area contributed by atoms with Gasteiger partial charge < -0.3 is 24.2 Å². The van der Waals surface area contributed by atoms with E-state index >= 15 is 0 Å². The van der Waals surface area contributed by atoms with E-state index in [0.29, 0.717) is 24.4 Å². The van der Waals surface area contributed by atoms with Gasteiger partial charge in [-0.05, 0) is 48.0 Å². The fourth-order valence-corrected chi connectivity index (χ4v) is 4.38. The van der Waals surface area contributed by atoms with E-state index in [4.69, 9.17) is 9.47 Å². The number of rotatable bonds is 4. The minimum atomic E-state index is -0.210. The number of hydrogen-bond donors (Lipinski definition) is 0. The summed E-state index contributed by atoms with van der Waals surface area (Å²) in [7, 11) is 3.39. The molecule has 5 rings (SSSR count). The maximum atomic E-state index is 13.1. The van der Waals surface area contributed by atoms with E-state index in [-0.39, 0.29) is 17.6 Å². The highest BCUT2D eigenvalue weighted by Crippen LogP contribution is 2.34. The number of anilines is 2. The molecule has 0 unspecified atom stereocenters. The van der Waals surface area contributed by atoms with Gasteiger partial charge >= 0.3 is 0 Å². The number of para-hydroxylation sites is 2. The molecule has 0 saturated carbocycles. The lowest BCUT2D eigenvalue weighted by Gasteiger charge is -2.36. The highest BCUT2D eigenvalue weighted by Gasteiger charge is 2.27. The first-order valence-corrected chi connectivity index (χ1v) is 11.6. The van der Waals surface area contributed by atoms with E-state index in [1.54, 1.807) is 37.3 Å². The molecule has 2 aliphatic heterocycles. The van der Waals surface area contributed by atoms with Crippen LogP contribution in [0.2, 0.25) is 0 Å². The Bertz CT molecular complexity index is 1280. The van der Waals surface area contributed by atoms with Crippen molar-refractivity contribution in [2.45, 2.75) is 0 Å². The van der Waals surface area contributed by atoms with E-state index in [1.165, 1.54) is 0 Å². The molecule has 2 heterocycles. The van der Waals surface area contributed by atoms with E-state index < -0.39 is 0 Å². The van der Waals surface area contributed by atoms with Crippen LogP contribution in [0.5, 0.6) is 11.5 Å². The Morgan fingerprint density at radius 2 is 1.69 bits per heavy atom. The average Bonchev–Trinajstić information content (AvgIpc) is 2.92. The van der Waals surface area contributed by atoms with Crippen LogP contribution in [-0.4, -0.2) is 57.1 Å². The molecule has 178 valence electrons. The van der Waals surface area contributed by atoms with E-state index in [9.17, 15) is 9.59 Å². The standard InChI is InChI=1S/C28H27N3O4/c1-29-24-8-3-4-9-25(24)35-26(28(29)33)18-20-10-12-21(13-11-20)27(32)31-16-14-30(15-17-31)22-6-5-7-23(19-22)34-2/h3-13,18-19H,14-17H2,1-2H3/b26-18-. The van der Waals surface area contributed by atoms with Crippen molar-refractivity contribution < 1.29 is 19.1 Å². The summed E-state index contributed by atoms with van der Waals surface area (Å²) >= 11 is 0. The molecule has 0 atom stereocenters. The number of hydrogen-bond acceptors (Lipinski definition) is 5. The number of methoxy groups -OCH3 is 1. The Kier molecular flexibility index (Phi) is 6.14. The molecule has 0 radical (unpaired) electrons. The van der Waals surface area contributed by atoms with Crippen molar-refractivity contribution in [3.63, 3.8) is 0 Å². The van der Waals surface area contributed by atoms with Gasteiger partial charge in [0.05, 0.1) is 12.8 Å². The van der Waals surface area contributed by atoms with Gasteiger partial charge in [-0.2, -0.15) is 0 Å². The molecule has 0 N–H and O–H groups in total. The zero-order chi connectivity index (χ0) is 24.4. The summed E-state index contributed by atoms with van der Waals surface area (Å²) in [5.41, 5.74) is 3.25. The number of benzene rings is 3. The number of amides is 2. The highest BCUT2D eigenvalue weighted by atomic mass is 16.5. The third-order valence-electron chi connectivity index (χ3n) is 6.40. The normalized spacial score (nSPS) is 16.7. The van der Waals surface area contributed by atoms with Crippen LogP contribution in [-0.2, 0) is 4.79 Å². The molecule has 0 bridgehead atoms. The molecule has 1 fully saturated rings. The van der Waals surface area contributed by atoms with Crippen LogP contribution < -0.4 is 19.3 Å². The molecule has 0 aliphatic carbocycles. The second-order valence-corrected chi connectivity index (χ2v) is 8.55. The van der Waals surface area contributed by atoms with Gasteiger partial charge in [-0.3, -0.25) is 9.59 Å². The van der Waals surface area contributed by atoms with E-state index in [0.717, 1.165) is 35.8 Å². The lowest BCUT2D eigenvalue weighted by atomic mass is 10.1. The van der Waals surface area contributed by atoms with Gasteiger partial charge in [0.25, 0.3) is 11.8 Å². The molecule has 3 aromatic rings. The Balaban J connectivity index is 1.24. The molecule has 2 aliphatic rings. The number of carbonyl (C=O) groups excluding carboxylic acids is 2. The predicted molar refractivity (Wildman–Crippen MR) is 136 cm³/mol. The Morgan fingerprint density at radius 3 is 2.43 bits per heavy atom. The van der Waals surface area contributed by atoms with Crippen molar-refractivity contribution in [1.29, 1.82) is 0 Å². The molecule has 3 aromatic carbocycles. The van der Waals surface area contributed by atoms with Crippen molar-refractivity contribution in [1.82, 2.24) is 4.90 Å². The summed E-state index contributed by atoms with van der Waals surface area (Å²) in [5.74, 6) is 1.51. The van der Waals surface area contributed by atoms with Crippen LogP contribution in [0.1, 0.15) is 15.9 Å². The molecule has 0 spiro atoms. The largest absolute Gasteiger partial charge is 0.497 e. The van der Waals surface area contributed by atoms with Crippen LogP contribution in [0.15, 0.2) is 78.6 Å². The molecule has 2 amide bonds. The van der Waals surface area contributed by atoms with Gasteiger partial charge in [-0.1, -0.05) is 30.3 Å². The number of nitrogens with zero attached hydrogens (tertiary/aromatic N) is 3. The van der Waals surface area contributed by atoms with E-state index in [1.807, 2.05) is 59.5 Å². The maximum absolute atomic E-state index is 13.1. The second-order valence-electron chi connectivity index (χ2n) is 8.55. The summed E-state index contributed by atoms with van der Waals surface area (Å²) in [6, 6.07) is 22.7. The second kappa shape index (κ2) is 9.54. The predicted octanol–water partition coefficient (Wildman–Crippen LogP) is 4.05. The third-order valence-corrected chi connectivity index (χ3v) is 6.40. The minimum Gasteiger partial charge on any atom is -0.497 e. The topological polar surface area (TPSA) is 62.3 Å². The average molecular weight is 470 g/mol. The summed E-state index contributed by atoms with van der Waals surface area (Å²) in [5, 5.41) is 0. The van der Waals surface area contributed by atoms with Crippen LogP contribution in [0.4, 0.5) is 11.4 Å². The number of ether oxygens (including phenoxy) is 2. The first-order valence-electron chi connectivity index (χ1n) is 11.6. The summed E-state index contributed by atoms with van der Waals surface area (Å²) < 4.78 is 11.2. The molecular weight excluding hydrogens is 442 g/mol. The zero-order valence-electron chi connectivity index (χ0n) is 19.8. The van der Waals surface area contributed by atoms with Gasteiger partial charge in [0, 0.05) is 50.5 Å².